The van der Waals surface area contributed by atoms with Crippen molar-refractivity contribution in [2.24, 2.45) is 0 Å². The van der Waals surface area contributed by atoms with Gasteiger partial charge >= 0.3 is 0 Å². The van der Waals surface area contributed by atoms with Crippen LogP contribution in [0, 0.1) is 5.82 Å². The number of likely N-dealkylation sites (tertiary alicyclic amines) is 1. The third-order valence-electron chi connectivity index (χ3n) is 5.42. The molecule has 1 saturated heterocycles. The van der Waals surface area contributed by atoms with Crippen molar-refractivity contribution in [3.63, 3.8) is 0 Å². The van der Waals surface area contributed by atoms with Crippen LogP contribution >= 0.6 is 0 Å². The molecule has 1 amide bonds. The van der Waals surface area contributed by atoms with Crippen LogP contribution in [0.5, 0.6) is 5.75 Å². The summed E-state index contributed by atoms with van der Waals surface area (Å²) < 4.78 is 23.9. The lowest BCUT2D eigenvalue weighted by Gasteiger charge is -2.24. The quantitative estimate of drug-likeness (QED) is 0.499. The Morgan fingerprint density at radius 1 is 1.13 bits per heavy atom. The van der Waals surface area contributed by atoms with Gasteiger partial charge in [0.15, 0.2) is 5.76 Å². The van der Waals surface area contributed by atoms with Crippen LogP contribution in [0.3, 0.4) is 0 Å². The molecule has 1 fully saturated rings. The highest BCUT2D eigenvalue weighted by molar-refractivity contribution is 5.78. The summed E-state index contributed by atoms with van der Waals surface area (Å²) in [6.45, 7) is 2.44. The van der Waals surface area contributed by atoms with Crippen LogP contribution in [0.25, 0.3) is 11.3 Å². The average molecular weight is 423 g/mol. The van der Waals surface area contributed by atoms with Crippen LogP contribution in [-0.4, -0.2) is 41.7 Å². The van der Waals surface area contributed by atoms with Gasteiger partial charge in [0.25, 0.3) is 0 Å². The van der Waals surface area contributed by atoms with Crippen molar-refractivity contribution >= 4 is 5.91 Å². The van der Waals surface area contributed by atoms with Crippen LogP contribution in [0.15, 0.2) is 65.2 Å². The van der Waals surface area contributed by atoms with Crippen LogP contribution < -0.4 is 10.1 Å². The first kappa shape index (κ1) is 21.1. The predicted octanol–water partition coefficient (Wildman–Crippen LogP) is 4.03. The van der Waals surface area contributed by atoms with Gasteiger partial charge in [0.1, 0.15) is 23.9 Å². The zero-order valence-electron chi connectivity index (χ0n) is 17.3. The van der Waals surface area contributed by atoms with Gasteiger partial charge in [-0.1, -0.05) is 35.5 Å². The number of ether oxygens (including phenoxy) is 1. The van der Waals surface area contributed by atoms with E-state index in [1.807, 2.05) is 41.3 Å². The van der Waals surface area contributed by atoms with E-state index in [0.717, 1.165) is 30.6 Å². The van der Waals surface area contributed by atoms with Crippen LogP contribution in [0.2, 0.25) is 0 Å². The summed E-state index contributed by atoms with van der Waals surface area (Å²) >= 11 is 0. The molecule has 0 spiro atoms. The van der Waals surface area contributed by atoms with Gasteiger partial charge in [-0.2, -0.15) is 0 Å². The van der Waals surface area contributed by atoms with Gasteiger partial charge in [0, 0.05) is 30.6 Å². The van der Waals surface area contributed by atoms with Gasteiger partial charge in [0.05, 0.1) is 6.54 Å². The molecule has 31 heavy (non-hydrogen) atoms. The number of aromatic nitrogens is 1. The van der Waals surface area contributed by atoms with Crippen molar-refractivity contribution in [1.82, 2.24) is 15.4 Å². The van der Waals surface area contributed by atoms with Crippen molar-refractivity contribution in [1.29, 1.82) is 0 Å². The molecule has 7 heteroatoms. The van der Waals surface area contributed by atoms with Crippen LogP contribution in [0.1, 0.15) is 25.0 Å². The molecule has 1 N–H and O–H groups in total. The Balaban J connectivity index is 1.21. The van der Waals surface area contributed by atoms with E-state index < -0.39 is 0 Å². The van der Waals surface area contributed by atoms with E-state index in [2.05, 4.69) is 10.5 Å². The van der Waals surface area contributed by atoms with Crippen molar-refractivity contribution in [3.05, 3.63) is 72.2 Å². The maximum Gasteiger partial charge on any atom is 0.223 e. The molecular weight excluding hydrogens is 397 g/mol. The molecule has 0 saturated carbocycles. The van der Waals surface area contributed by atoms with Crippen molar-refractivity contribution < 1.29 is 18.4 Å². The fraction of sp³-hybridized carbons (Fsp3) is 0.333. The zero-order valence-corrected chi connectivity index (χ0v) is 17.3. The lowest BCUT2D eigenvalue weighted by molar-refractivity contribution is -0.129. The third-order valence-corrected chi connectivity index (χ3v) is 5.42. The molecule has 6 nitrogen and oxygen atoms in total. The average Bonchev–Trinajstić information content (AvgIpc) is 3.40. The highest BCUT2D eigenvalue weighted by atomic mass is 19.1. The minimum absolute atomic E-state index is 0.161. The van der Waals surface area contributed by atoms with E-state index in [9.17, 15) is 9.18 Å². The lowest BCUT2D eigenvalue weighted by Crippen LogP contribution is -2.35. The summed E-state index contributed by atoms with van der Waals surface area (Å²) in [7, 11) is 0. The zero-order chi connectivity index (χ0) is 21.5. The Labute approximate surface area is 181 Å². The summed E-state index contributed by atoms with van der Waals surface area (Å²) in [5, 5.41) is 7.50. The Hall–Kier alpha value is -3.19. The molecule has 0 bridgehead atoms. The highest BCUT2D eigenvalue weighted by Crippen LogP contribution is 2.25. The number of hydrogen-bond donors (Lipinski definition) is 1. The van der Waals surface area contributed by atoms with Gasteiger partial charge < -0.3 is 19.5 Å². The first-order valence-corrected chi connectivity index (χ1v) is 10.6. The molecule has 0 radical (unpaired) electrons. The second kappa shape index (κ2) is 10.2. The van der Waals surface area contributed by atoms with Crippen LogP contribution in [-0.2, 0) is 11.3 Å². The summed E-state index contributed by atoms with van der Waals surface area (Å²) in [4.78, 5) is 14.3. The molecule has 3 aromatic rings. The Bertz CT molecular complexity index is 975. The molecule has 1 aliphatic rings. The summed E-state index contributed by atoms with van der Waals surface area (Å²) in [6, 6.07) is 17.9. The largest absolute Gasteiger partial charge is 0.492 e. The fourth-order valence-electron chi connectivity index (χ4n) is 3.78. The second-order valence-electron chi connectivity index (χ2n) is 7.60. The maximum absolute atomic E-state index is 12.9. The van der Waals surface area contributed by atoms with Crippen LogP contribution in [0.4, 0.5) is 4.39 Å². The molecule has 162 valence electrons. The number of benzene rings is 2. The molecule has 4 rings (SSSR count). The Kier molecular flexibility index (Phi) is 6.94. The van der Waals surface area contributed by atoms with E-state index in [0.29, 0.717) is 37.6 Å². The predicted molar refractivity (Wildman–Crippen MR) is 115 cm³/mol. The number of rotatable bonds is 10. The highest BCUT2D eigenvalue weighted by Gasteiger charge is 2.31. The topological polar surface area (TPSA) is 67.6 Å². The van der Waals surface area contributed by atoms with Gasteiger partial charge in [-0.05, 0) is 43.7 Å². The molecule has 1 atom stereocenters. The minimum atomic E-state index is -0.275. The molecule has 0 aliphatic carbocycles. The summed E-state index contributed by atoms with van der Waals surface area (Å²) in [5.74, 6) is 1.25. The van der Waals surface area contributed by atoms with E-state index in [1.165, 1.54) is 12.1 Å². The van der Waals surface area contributed by atoms with E-state index in [1.54, 1.807) is 12.1 Å². The van der Waals surface area contributed by atoms with E-state index in [4.69, 9.17) is 9.26 Å². The van der Waals surface area contributed by atoms with Gasteiger partial charge in [-0.15, -0.1) is 0 Å². The Morgan fingerprint density at radius 2 is 1.94 bits per heavy atom. The van der Waals surface area contributed by atoms with Crippen molar-refractivity contribution in [2.75, 3.05) is 19.7 Å². The number of nitrogens with one attached hydrogen (secondary N) is 1. The third kappa shape index (κ3) is 5.70. The summed E-state index contributed by atoms with van der Waals surface area (Å²) in [6.07, 6.45) is 2.30. The van der Waals surface area contributed by atoms with Gasteiger partial charge in [-0.25, -0.2) is 4.39 Å². The van der Waals surface area contributed by atoms with Crippen molar-refractivity contribution in [3.8, 4) is 17.1 Å². The minimum Gasteiger partial charge on any atom is -0.492 e. The van der Waals surface area contributed by atoms with E-state index >= 15 is 0 Å². The van der Waals surface area contributed by atoms with E-state index in [-0.39, 0.29) is 17.8 Å². The molecular formula is C24H26FN3O3. The SMILES string of the molecule is O=C1CC[C@@H](CCNCCOc2ccc(F)cc2)N1Cc1cc(-c2ccccc2)on1. The number of halogens is 1. The van der Waals surface area contributed by atoms with Crippen molar-refractivity contribution in [2.45, 2.75) is 31.8 Å². The monoisotopic (exact) mass is 423 g/mol. The smallest absolute Gasteiger partial charge is 0.223 e. The Morgan fingerprint density at radius 3 is 2.74 bits per heavy atom. The van der Waals surface area contributed by atoms with Gasteiger partial charge in [0.2, 0.25) is 5.91 Å². The second-order valence-corrected chi connectivity index (χ2v) is 7.60. The number of nitrogens with zero attached hydrogens (tertiary/aromatic N) is 2. The maximum atomic E-state index is 12.9. The first-order valence-electron chi connectivity index (χ1n) is 10.6. The molecule has 1 aromatic heterocycles. The number of carbonyl (C=O) groups excluding carboxylic acids is 1. The van der Waals surface area contributed by atoms with Gasteiger partial charge in [-0.3, -0.25) is 4.79 Å². The molecule has 2 heterocycles. The normalized spacial score (nSPS) is 16.1. The number of amides is 1. The standard InChI is InChI=1S/C24H26FN3O3/c25-19-6-9-22(10-7-19)30-15-14-26-13-12-21-8-11-24(29)28(21)17-20-16-23(31-27-20)18-4-2-1-3-5-18/h1-7,9-10,16,21,26H,8,11-15,17H2/t21-/m0/s1. The lowest BCUT2D eigenvalue weighted by atomic mass is 10.1. The molecule has 0 unspecified atom stereocenters. The number of hydrogen-bond acceptors (Lipinski definition) is 5. The summed E-state index contributed by atoms with van der Waals surface area (Å²) in [5.41, 5.74) is 1.73. The first-order chi connectivity index (χ1) is 15.2. The fourth-order valence-corrected chi connectivity index (χ4v) is 3.78. The molecule has 1 aliphatic heterocycles. The molecule has 2 aromatic carbocycles. The number of carbonyl (C=O) groups is 1.